The molecule has 126 valence electrons. The second kappa shape index (κ2) is 6.06. The van der Waals surface area contributed by atoms with Gasteiger partial charge in [0.1, 0.15) is 5.69 Å². The number of aryl methyl sites for hydroxylation is 1. The van der Waals surface area contributed by atoms with Gasteiger partial charge in [0.2, 0.25) is 0 Å². The van der Waals surface area contributed by atoms with Crippen molar-refractivity contribution in [2.24, 2.45) is 7.05 Å². The van der Waals surface area contributed by atoms with Crippen molar-refractivity contribution in [3.8, 4) is 17.2 Å². The number of nitrogens with one attached hydrogen (secondary N) is 1. The molecule has 4 rings (SSSR count). The summed E-state index contributed by atoms with van der Waals surface area (Å²) in [7, 11) is 3.36. The first-order valence-corrected chi connectivity index (χ1v) is 8.35. The van der Waals surface area contributed by atoms with Gasteiger partial charge in [-0.05, 0) is 18.2 Å². The number of nitrogens with zero attached hydrogens (tertiary/aromatic N) is 3. The number of methoxy groups -OCH3 is 1. The van der Waals surface area contributed by atoms with Gasteiger partial charge in [0.15, 0.2) is 27.9 Å². The summed E-state index contributed by atoms with van der Waals surface area (Å²) in [6.45, 7) is 0. The first-order chi connectivity index (χ1) is 12.1. The van der Waals surface area contributed by atoms with Crippen molar-refractivity contribution in [3.63, 3.8) is 0 Å². The highest BCUT2D eigenvalue weighted by Gasteiger charge is 2.15. The lowest BCUT2D eigenvalue weighted by Gasteiger charge is -1.98. The van der Waals surface area contributed by atoms with Crippen molar-refractivity contribution in [2.45, 2.75) is 0 Å². The largest absolute Gasteiger partial charge is 0.493 e. The predicted octanol–water partition coefficient (Wildman–Crippen LogP) is 3.55. The summed E-state index contributed by atoms with van der Waals surface area (Å²) in [5, 5.41) is 10.1. The minimum absolute atomic E-state index is 0.298. The summed E-state index contributed by atoms with van der Waals surface area (Å²) >= 11 is 1.33. The molecule has 4 aromatic rings. The van der Waals surface area contributed by atoms with Gasteiger partial charge in [-0.1, -0.05) is 12.1 Å². The zero-order valence-corrected chi connectivity index (χ0v) is 14.3. The number of carbonyl (C=O) groups excluding carboxylic acids is 1. The molecule has 1 aromatic carbocycles. The molecule has 1 N–H and O–H groups in total. The number of carbonyl (C=O) groups is 1. The van der Waals surface area contributed by atoms with E-state index in [0.29, 0.717) is 33.6 Å². The van der Waals surface area contributed by atoms with E-state index in [1.165, 1.54) is 11.3 Å². The average Bonchev–Trinajstić information content (AvgIpc) is 3.32. The number of benzene rings is 1. The highest BCUT2D eigenvalue weighted by molar-refractivity contribution is 7.14. The molecular formula is C17H14N4O3S. The van der Waals surface area contributed by atoms with Gasteiger partial charge in [-0.3, -0.25) is 14.8 Å². The van der Waals surface area contributed by atoms with Gasteiger partial charge < -0.3 is 9.15 Å². The van der Waals surface area contributed by atoms with Crippen LogP contribution in [-0.4, -0.2) is 27.8 Å². The lowest BCUT2D eigenvalue weighted by atomic mass is 10.2. The number of thiazole rings is 1. The maximum absolute atomic E-state index is 12.1. The number of hydrogen-bond acceptors (Lipinski definition) is 6. The molecule has 0 radical (unpaired) electrons. The summed E-state index contributed by atoms with van der Waals surface area (Å²) in [5.74, 6) is 0.990. The molecule has 0 atom stereocenters. The summed E-state index contributed by atoms with van der Waals surface area (Å²) < 4.78 is 12.8. The van der Waals surface area contributed by atoms with Crippen LogP contribution in [0.2, 0.25) is 0 Å². The number of fused-ring (bicyclic) bond motifs is 1. The van der Waals surface area contributed by atoms with Crippen LogP contribution in [0.15, 0.2) is 46.3 Å². The summed E-state index contributed by atoms with van der Waals surface area (Å²) in [6, 6.07) is 9.24. The standard InChI is InChI=1S/C17H14N4O3S/c1-21-7-6-11(20-21)16(22)19-17-18-12(9-25-17)14-8-10-4-3-5-13(23-2)15(10)24-14/h3-9H,1-2H3,(H,18,19,22). The first kappa shape index (κ1) is 15.4. The summed E-state index contributed by atoms with van der Waals surface area (Å²) in [4.78, 5) is 16.6. The van der Waals surface area contributed by atoms with Gasteiger partial charge in [-0.2, -0.15) is 5.10 Å². The van der Waals surface area contributed by atoms with Crippen LogP contribution in [-0.2, 0) is 7.05 Å². The van der Waals surface area contributed by atoms with Crippen molar-refractivity contribution < 1.29 is 13.9 Å². The molecule has 0 aliphatic rings. The van der Waals surface area contributed by atoms with E-state index in [1.54, 1.807) is 31.1 Å². The SMILES string of the molecule is COc1cccc2cc(-c3csc(NC(=O)c4ccn(C)n4)n3)oc12. The van der Waals surface area contributed by atoms with Crippen LogP contribution in [0, 0.1) is 0 Å². The Morgan fingerprint density at radius 1 is 1.36 bits per heavy atom. The maximum Gasteiger partial charge on any atom is 0.277 e. The molecule has 3 heterocycles. The highest BCUT2D eigenvalue weighted by atomic mass is 32.1. The molecule has 0 bridgehead atoms. The molecule has 8 heteroatoms. The fraction of sp³-hybridized carbons (Fsp3) is 0.118. The Morgan fingerprint density at radius 3 is 3.00 bits per heavy atom. The molecule has 0 aliphatic carbocycles. The second-order valence-corrected chi connectivity index (χ2v) is 6.21. The molecule has 0 fully saturated rings. The lowest BCUT2D eigenvalue weighted by Crippen LogP contribution is -2.12. The Balaban J connectivity index is 1.60. The molecule has 25 heavy (non-hydrogen) atoms. The molecule has 0 unspecified atom stereocenters. The Kier molecular flexibility index (Phi) is 3.73. The smallest absolute Gasteiger partial charge is 0.277 e. The van der Waals surface area contributed by atoms with Crippen molar-refractivity contribution in [3.05, 3.63) is 47.6 Å². The third-order valence-corrected chi connectivity index (χ3v) is 4.41. The zero-order chi connectivity index (χ0) is 17.4. The average molecular weight is 354 g/mol. The van der Waals surface area contributed by atoms with Crippen LogP contribution < -0.4 is 10.1 Å². The van der Waals surface area contributed by atoms with E-state index >= 15 is 0 Å². The summed E-state index contributed by atoms with van der Waals surface area (Å²) in [6.07, 6.45) is 1.71. The number of ether oxygens (including phenoxy) is 1. The van der Waals surface area contributed by atoms with E-state index in [4.69, 9.17) is 9.15 Å². The fourth-order valence-electron chi connectivity index (χ4n) is 2.46. The van der Waals surface area contributed by atoms with E-state index in [9.17, 15) is 4.79 Å². The molecule has 0 aliphatic heterocycles. The van der Waals surface area contributed by atoms with E-state index in [1.807, 2.05) is 29.6 Å². The molecule has 1 amide bonds. The van der Waals surface area contributed by atoms with Gasteiger partial charge >= 0.3 is 0 Å². The minimum atomic E-state index is -0.298. The number of furan rings is 1. The summed E-state index contributed by atoms with van der Waals surface area (Å²) in [5.41, 5.74) is 1.67. The van der Waals surface area contributed by atoms with Crippen LogP contribution >= 0.6 is 11.3 Å². The number of aromatic nitrogens is 3. The van der Waals surface area contributed by atoms with E-state index in [-0.39, 0.29) is 5.91 Å². The van der Waals surface area contributed by atoms with Crippen LogP contribution in [0.1, 0.15) is 10.5 Å². The van der Waals surface area contributed by atoms with Gasteiger partial charge in [0, 0.05) is 24.0 Å². The Hall–Kier alpha value is -3.13. The molecular weight excluding hydrogens is 340 g/mol. The van der Waals surface area contributed by atoms with Crippen LogP contribution in [0.3, 0.4) is 0 Å². The van der Waals surface area contributed by atoms with Gasteiger partial charge in [-0.25, -0.2) is 4.98 Å². The van der Waals surface area contributed by atoms with Crippen molar-refractivity contribution in [1.29, 1.82) is 0 Å². The van der Waals surface area contributed by atoms with Crippen molar-refractivity contribution >= 4 is 33.3 Å². The topological polar surface area (TPSA) is 82.2 Å². The number of para-hydroxylation sites is 1. The zero-order valence-electron chi connectivity index (χ0n) is 13.5. The Morgan fingerprint density at radius 2 is 2.24 bits per heavy atom. The quantitative estimate of drug-likeness (QED) is 0.606. The van der Waals surface area contributed by atoms with Gasteiger partial charge in [0.05, 0.1) is 7.11 Å². The molecule has 0 saturated heterocycles. The van der Waals surface area contributed by atoms with E-state index in [0.717, 1.165) is 5.39 Å². The monoisotopic (exact) mass is 354 g/mol. The second-order valence-electron chi connectivity index (χ2n) is 5.36. The molecule has 7 nitrogen and oxygen atoms in total. The van der Waals surface area contributed by atoms with Crippen LogP contribution in [0.4, 0.5) is 5.13 Å². The highest BCUT2D eigenvalue weighted by Crippen LogP contribution is 2.34. The number of hydrogen-bond donors (Lipinski definition) is 1. The van der Waals surface area contributed by atoms with Gasteiger partial charge in [0.25, 0.3) is 5.91 Å². The predicted molar refractivity (Wildman–Crippen MR) is 95.0 cm³/mol. The fourth-order valence-corrected chi connectivity index (χ4v) is 3.16. The van der Waals surface area contributed by atoms with Gasteiger partial charge in [-0.15, -0.1) is 11.3 Å². The molecule has 0 spiro atoms. The Labute approximate surface area is 146 Å². The molecule has 3 aromatic heterocycles. The number of rotatable bonds is 4. The molecule has 0 saturated carbocycles. The third-order valence-electron chi connectivity index (χ3n) is 3.65. The third kappa shape index (κ3) is 2.87. The minimum Gasteiger partial charge on any atom is -0.493 e. The lowest BCUT2D eigenvalue weighted by molar-refractivity contribution is 0.102. The van der Waals surface area contributed by atoms with Crippen molar-refractivity contribution in [1.82, 2.24) is 14.8 Å². The van der Waals surface area contributed by atoms with Crippen LogP contribution in [0.5, 0.6) is 5.75 Å². The van der Waals surface area contributed by atoms with E-state index < -0.39 is 0 Å². The van der Waals surface area contributed by atoms with Crippen molar-refractivity contribution in [2.75, 3.05) is 12.4 Å². The van der Waals surface area contributed by atoms with Crippen LogP contribution in [0.25, 0.3) is 22.4 Å². The first-order valence-electron chi connectivity index (χ1n) is 7.47. The van der Waals surface area contributed by atoms with E-state index in [2.05, 4.69) is 15.4 Å². The normalized spacial score (nSPS) is 11.0. The number of anilines is 1. The number of amides is 1. The maximum atomic E-state index is 12.1. The Bertz CT molecular complexity index is 1060.